The van der Waals surface area contributed by atoms with Crippen LogP contribution in [0.3, 0.4) is 0 Å². The van der Waals surface area contributed by atoms with Crippen LogP contribution in [0.1, 0.15) is 57.7 Å². The van der Waals surface area contributed by atoms with Gasteiger partial charge in [-0.25, -0.2) is 0 Å². The molecule has 1 aliphatic rings. The van der Waals surface area contributed by atoms with Crippen LogP contribution < -0.4 is 0 Å². The van der Waals surface area contributed by atoms with Gasteiger partial charge in [0, 0.05) is 24.2 Å². The number of hydrogen-bond acceptors (Lipinski definition) is 3. The lowest BCUT2D eigenvalue weighted by Crippen LogP contribution is -2.52. The van der Waals surface area contributed by atoms with E-state index >= 15 is 0 Å². The Morgan fingerprint density at radius 2 is 2.05 bits per heavy atom. The summed E-state index contributed by atoms with van der Waals surface area (Å²) in [5, 5.41) is 15.4. The van der Waals surface area contributed by atoms with Gasteiger partial charge in [0.15, 0.2) is 0 Å². The zero-order valence-electron chi connectivity index (χ0n) is 13.3. The molecule has 1 aromatic heterocycles. The molecule has 0 radical (unpaired) electrons. The lowest BCUT2D eigenvalue weighted by molar-refractivity contribution is -0.00311. The molecule has 2 unspecified atom stereocenters. The normalized spacial score (nSPS) is 21.3. The molecule has 1 aromatic rings. The molecular weight excluding hydrogens is 250 g/mol. The summed E-state index contributed by atoms with van der Waals surface area (Å²) in [6, 6.07) is 2.48. The highest BCUT2D eigenvalue weighted by molar-refractivity contribution is 5.07. The van der Waals surface area contributed by atoms with Crippen LogP contribution in [0.25, 0.3) is 0 Å². The maximum Gasteiger partial charge on any atom is 0.0779 e. The van der Waals surface area contributed by atoms with Crippen molar-refractivity contribution in [3.8, 4) is 0 Å². The summed E-state index contributed by atoms with van der Waals surface area (Å²) in [7, 11) is 4.18. The number of hydrogen-bond donors (Lipinski definition) is 1. The molecule has 1 saturated carbocycles. The second kappa shape index (κ2) is 6.27. The topological polar surface area (TPSA) is 41.3 Å². The average Bonchev–Trinajstić information content (AvgIpc) is 3.07. The Morgan fingerprint density at radius 3 is 2.60 bits per heavy atom. The first-order chi connectivity index (χ1) is 9.49. The van der Waals surface area contributed by atoms with E-state index < -0.39 is 0 Å². The van der Waals surface area contributed by atoms with Crippen LogP contribution in [0.2, 0.25) is 0 Å². The summed E-state index contributed by atoms with van der Waals surface area (Å²) in [5.74, 6) is 0. The van der Waals surface area contributed by atoms with E-state index in [4.69, 9.17) is 0 Å². The van der Waals surface area contributed by atoms with Crippen LogP contribution in [-0.4, -0.2) is 45.5 Å². The SMILES string of the molecule is CCC(C)n1ccc(CC(O)C2(N(C)C)CCCC2)n1. The van der Waals surface area contributed by atoms with Crippen molar-refractivity contribution in [3.05, 3.63) is 18.0 Å². The van der Waals surface area contributed by atoms with E-state index in [-0.39, 0.29) is 11.6 Å². The third-order valence-corrected chi connectivity index (χ3v) is 5.09. The molecule has 1 N–H and O–H groups in total. The van der Waals surface area contributed by atoms with Gasteiger partial charge >= 0.3 is 0 Å². The minimum Gasteiger partial charge on any atom is -0.391 e. The van der Waals surface area contributed by atoms with Crippen molar-refractivity contribution in [3.63, 3.8) is 0 Å². The highest BCUT2D eigenvalue weighted by atomic mass is 16.3. The van der Waals surface area contributed by atoms with Crippen LogP contribution in [-0.2, 0) is 6.42 Å². The van der Waals surface area contributed by atoms with Crippen LogP contribution in [0.5, 0.6) is 0 Å². The van der Waals surface area contributed by atoms with Gasteiger partial charge in [-0.3, -0.25) is 4.68 Å². The minimum atomic E-state index is -0.333. The molecule has 0 amide bonds. The fraction of sp³-hybridized carbons (Fsp3) is 0.812. The van der Waals surface area contributed by atoms with E-state index in [2.05, 4.69) is 37.9 Å². The third kappa shape index (κ3) is 2.91. The minimum absolute atomic E-state index is 0.0554. The quantitative estimate of drug-likeness (QED) is 0.870. The Morgan fingerprint density at radius 1 is 1.40 bits per heavy atom. The first-order valence-electron chi connectivity index (χ1n) is 7.89. The molecule has 1 aliphatic carbocycles. The van der Waals surface area contributed by atoms with Crippen molar-refractivity contribution in [1.82, 2.24) is 14.7 Å². The molecule has 0 aromatic carbocycles. The van der Waals surface area contributed by atoms with Crippen molar-refractivity contribution >= 4 is 0 Å². The number of aromatic nitrogens is 2. The molecule has 4 nitrogen and oxygen atoms in total. The van der Waals surface area contributed by atoms with E-state index in [0.717, 1.165) is 25.0 Å². The fourth-order valence-electron chi connectivity index (χ4n) is 3.37. The molecule has 0 bridgehead atoms. The van der Waals surface area contributed by atoms with Gasteiger partial charge in [0.05, 0.1) is 11.8 Å². The molecule has 1 heterocycles. The van der Waals surface area contributed by atoms with E-state index in [1.807, 2.05) is 16.9 Å². The Hall–Kier alpha value is -0.870. The third-order valence-electron chi connectivity index (χ3n) is 5.09. The molecule has 0 saturated heterocycles. The van der Waals surface area contributed by atoms with Crippen LogP contribution in [0.4, 0.5) is 0 Å². The van der Waals surface area contributed by atoms with Crippen molar-refractivity contribution in [2.45, 2.75) is 70.1 Å². The van der Waals surface area contributed by atoms with E-state index in [0.29, 0.717) is 12.5 Å². The summed E-state index contributed by atoms with van der Waals surface area (Å²) in [6.07, 6.45) is 8.05. The maximum atomic E-state index is 10.7. The van der Waals surface area contributed by atoms with Crippen LogP contribution >= 0.6 is 0 Å². The lowest BCUT2D eigenvalue weighted by Gasteiger charge is -2.40. The molecule has 4 heteroatoms. The van der Waals surface area contributed by atoms with Gasteiger partial charge in [0.1, 0.15) is 0 Å². The molecule has 0 aliphatic heterocycles. The molecule has 114 valence electrons. The zero-order chi connectivity index (χ0) is 14.8. The van der Waals surface area contributed by atoms with Gasteiger partial charge in [0.25, 0.3) is 0 Å². The predicted octanol–water partition coefficient (Wildman–Crippen LogP) is 2.63. The van der Waals surface area contributed by atoms with Crippen LogP contribution in [0, 0.1) is 0 Å². The van der Waals surface area contributed by atoms with E-state index in [1.54, 1.807) is 0 Å². The van der Waals surface area contributed by atoms with Crippen molar-refractivity contribution < 1.29 is 5.11 Å². The number of aliphatic hydroxyl groups excluding tert-OH is 1. The maximum absolute atomic E-state index is 10.7. The highest BCUT2D eigenvalue weighted by Gasteiger charge is 2.42. The highest BCUT2D eigenvalue weighted by Crippen LogP contribution is 2.37. The van der Waals surface area contributed by atoms with Gasteiger partial charge in [-0.15, -0.1) is 0 Å². The average molecular weight is 279 g/mol. The van der Waals surface area contributed by atoms with E-state index in [1.165, 1.54) is 12.8 Å². The molecule has 2 atom stereocenters. The molecule has 20 heavy (non-hydrogen) atoms. The Labute approximate surface area is 122 Å². The zero-order valence-corrected chi connectivity index (χ0v) is 13.3. The summed E-state index contributed by atoms with van der Waals surface area (Å²) in [4.78, 5) is 2.22. The number of nitrogens with zero attached hydrogens (tertiary/aromatic N) is 3. The first kappa shape index (κ1) is 15.5. The van der Waals surface area contributed by atoms with Gasteiger partial charge in [-0.2, -0.15) is 5.10 Å². The van der Waals surface area contributed by atoms with Gasteiger partial charge in [-0.05, 0) is 46.3 Å². The summed E-state index contributed by atoms with van der Waals surface area (Å²) >= 11 is 0. The molecule has 1 fully saturated rings. The number of likely N-dealkylation sites (N-methyl/N-ethyl adjacent to an activating group) is 1. The Kier molecular flexibility index (Phi) is 4.86. The second-order valence-electron chi connectivity index (χ2n) is 6.47. The van der Waals surface area contributed by atoms with Gasteiger partial charge < -0.3 is 10.0 Å². The summed E-state index contributed by atoms with van der Waals surface area (Å²) in [5.41, 5.74) is 0.950. The monoisotopic (exact) mass is 279 g/mol. The summed E-state index contributed by atoms with van der Waals surface area (Å²) in [6.45, 7) is 4.34. The summed E-state index contributed by atoms with van der Waals surface area (Å²) < 4.78 is 2.01. The lowest BCUT2D eigenvalue weighted by atomic mass is 9.86. The predicted molar refractivity (Wildman–Crippen MR) is 81.8 cm³/mol. The number of aliphatic hydroxyl groups is 1. The van der Waals surface area contributed by atoms with Gasteiger partial charge in [0.2, 0.25) is 0 Å². The molecular formula is C16H29N3O. The van der Waals surface area contributed by atoms with Crippen LogP contribution in [0.15, 0.2) is 12.3 Å². The van der Waals surface area contributed by atoms with Gasteiger partial charge in [-0.1, -0.05) is 19.8 Å². The Bertz CT molecular complexity index is 421. The van der Waals surface area contributed by atoms with E-state index in [9.17, 15) is 5.11 Å². The fourth-order valence-corrected chi connectivity index (χ4v) is 3.37. The smallest absolute Gasteiger partial charge is 0.0779 e. The first-order valence-corrected chi connectivity index (χ1v) is 7.89. The molecule has 0 spiro atoms. The standard InChI is InChI=1S/C16H29N3O/c1-5-13(2)19-11-8-14(17-19)12-15(20)16(18(3)4)9-6-7-10-16/h8,11,13,15,20H,5-7,9-10,12H2,1-4H3. The second-order valence-corrected chi connectivity index (χ2v) is 6.47. The Balaban J connectivity index is 2.07. The largest absolute Gasteiger partial charge is 0.391 e. The van der Waals surface area contributed by atoms with Crippen molar-refractivity contribution in [2.24, 2.45) is 0 Å². The molecule has 2 rings (SSSR count). The van der Waals surface area contributed by atoms with Crippen molar-refractivity contribution in [1.29, 1.82) is 0 Å². The van der Waals surface area contributed by atoms with Crippen molar-refractivity contribution in [2.75, 3.05) is 14.1 Å². The number of rotatable bonds is 6.